The first-order valence-corrected chi connectivity index (χ1v) is 13.4. The van der Waals surface area contributed by atoms with E-state index in [-0.39, 0.29) is 29.0 Å². The number of amides is 1. The molecule has 2 aliphatic heterocycles. The standard InChI is InChI=1S/C29H34F2N6O3/c1-18-16-37(17-19(2)35(18)3)26-13-24(31)22(21-14-32-29(33-15-21)36-7-9-40-10-8-36)12-25(26)34-28(38)20-5-6-23(30)27(11-20)39-4/h5-6,11-15,18-19H,7-10,16-17H2,1-4H3,(H,34,38)/t18-,19+. The van der Waals surface area contributed by atoms with E-state index in [1.54, 1.807) is 18.5 Å². The number of nitrogens with one attached hydrogen (secondary N) is 1. The zero-order valence-corrected chi connectivity index (χ0v) is 23.2. The van der Waals surface area contributed by atoms with Crippen LogP contribution in [0.2, 0.25) is 0 Å². The summed E-state index contributed by atoms with van der Waals surface area (Å²) in [5, 5.41) is 2.93. The first-order chi connectivity index (χ1) is 19.2. The summed E-state index contributed by atoms with van der Waals surface area (Å²) in [6.45, 7) is 8.13. The number of halogens is 2. The van der Waals surface area contributed by atoms with Crippen molar-refractivity contribution in [2.24, 2.45) is 0 Å². The molecule has 1 N–H and O–H groups in total. The Hall–Kier alpha value is -3.83. The number of hydrogen-bond acceptors (Lipinski definition) is 8. The number of piperazine rings is 1. The molecule has 212 valence electrons. The first kappa shape index (κ1) is 27.7. The van der Waals surface area contributed by atoms with Crippen molar-refractivity contribution < 1.29 is 23.0 Å². The minimum atomic E-state index is -0.565. The Bertz CT molecular complexity index is 1350. The Balaban J connectivity index is 1.51. The minimum absolute atomic E-state index is 0.0353. The Kier molecular flexibility index (Phi) is 8.13. The molecule has 1 amide bonds. The van der Waals surface area contributed by atoms with Gasteiger partial charge in [0.1, 0.15) is 5.82 Å². The third-order valence-corrected chi connectivity index (χ3v) is 7.69. The second kappa shape index (κ2) is 11.7. The molecular weight excluding hydrogens is 518 g/mol. The third-order valence-electron chi connectivity index (χ3n) is 7.69. The predicted molar refractivity (Wildman–Crippen MR) is 150 cm³/mol. The number of carbonyl (C=O) groups is 1. The Labute approximate surface area is 232 Å². The number of likely N-dealkylation sites (N-methyl/N-ethyl adjacent to an activating group) is 1. The van der Waals surface area contributed by atoms with E-state index in [4.69, 9.17) is 9.47 Å². The maximum absolute atomic E-state index is 15.7. The van der Waals surface area contributed by atoms with Crippen LogP contribution < -0.4 is 19.9 Å². The zero-order valence-electron chi connectivity index (χ0n) is 23.2. The maximum atomic E-state index is 15.7. The van der Waals surface area contributed by atoms with Gasteiger partial charge in [0.25, 0.3) is 5.91 Å². The highest BCUT2D eigenvalue weighted by Crippen LogP contribution is 2.36. The van der Waals surface area contributed by atoms with Gasteiger partial charge >= 0.3 is 0 Å². The van der Waals surface area contributed by atoms with Crippen LogP contribution in [0.4, 0.5) is 26.1 Å². The van der Waals surface area contributed by atoms with Gasteiger partial charge in [-0.1, -0.05) is 0 Å². The lowest BCUT2D eigenvalue weighted by Crippen LogP contribution is -2.55. The fourth-order valence-electron chi connectivity index (χ4n) is 5.13. The molecule has 0 aliphatic carbocycles. The van der Waals surface area contributed by atoms with Crippen molar-refractivity contribution in [3.05, 3.63) is 59.9 Å². The van der Waals surface area contributed by atoms with Gasteiger partial charge in [0.2, 0.25) is 5.95 Å². The van der Waals surface area contributed by atoms with Crippen molar-refractivity contribution in [2.45, 2.75) is 25.9 Å². The number of nitrogens with zero attached hydrogens (tertiary/aromatic N) is 5. The lowest BCUT2D eigenvalue weighted by atomic mass is 10.0. The van der Waals surface area contributed by atoms with E-state index in [0.29, 0.717) is 62.3 Å². The molecule has 2 aromatic carbocycles. The van der Waals surface area contributed by atoms with E-state index in [0.717, 1.165) is 0 Å². The average Bonchev–Trinajstić information content (AvgIpc) is 2.97. The number of morpholine rings is 1. The molecule has 3 aromatic rings. The van der Waals surface area contributed by atoms with Gasteiger partial charge in [0, 0.05) is 67.3 Å². The molecule has 0 unspecified atom stereocenters. The van der Waals surface area contributed by atoms with Gasteiger partial charge in [-0.15, -0.1) is 0 Å². The Morgan fingerprint density at radius 1 is 1.00 bits per heavy atom. The smallest absolute Gasteiger partial charge is 0.255 e. The van der Waals surface area contributed by atoms with Crippen molar-refractivity contribution in [3.8, 4) is 16.9 Å². The molecule has 9 nitrogen and oxygen atoms in total. The van der Waals surface area contributed by atoms with Crippen LogP contribution in [0.15, 0.2) is 42.7 Å². The Morgan fingerprint density at radius 2 is 1.68 bits per heavy atom. The molecular formula is C29H34F2N6O3. The fourth-order valence-corrected chi connectivity index (χ4v) is 5.13. The van der Waals surface area contributed by atoms with Gasteiger partial charge in [0.15, 0.2) is 11.6 Å². The molecule has 3 heterocycles. The van der Waals surface area contributed by atoms with Gasteiger partial charge in [-0.05, 0) is 51.2 Å². The van der Waals surface area contributed by atoms with E-state index in [1.807, 2.05) is 4.90 Å². The highest BCUT2D eigenvalue weighted by Gasteiger charge is 2.29. The van der Waals surface area contributed by atoms with Crippen molar-refractivity contribution in [1.29, 1.82) is 0 Å². The number of aromatic nitrogens is 2. The summed E-state index contributed by atoms with van der Waals surface area (Å²) in [5.74, 6) is -0.954. The molecule has 2 aliphatic rings. The summed E-state index contributed by atoms with van der Waals surface area (Å²) in [7, 11) is 3.41. The number of carbonyl (C=O) groups excluding carboxylic acids is 1. The molecule has 40 heavy (non-hydrogen) atoms. The molecule has 0 saturated carbocycles. The Morgan fingerprint density at radius 3 is 2.33 bits per heavy atom. The van der Waals surface area contributed by atoms with Gasteiger partial charge in [0.05, 0.1) is 31.7 Å². The van der Waals surface area contributed by atoms with Crippen LogP contribution in [0, 0.1) is 11.6 Å². The number of benzene rings is 2. The molecule has 2 atom stereocenters. The number of rotatable bonds is 6. The van der Waals surface area contributed by atoms with Crippen LogP contribution in [-0.2, 0) is 4.74 Å². The van der Waals surface area contributed by atoms with Crippen LogP contribution in [0.5, 0.6) is 5.75 Å². The third kappa shape index (κ3) is 5.71. The maximum Gasteiger partial charge on any atom is 0.255 e. The number of methoxy groups -OCH3 is 1. The van der Waals surface area contributed by atoms with E-state index in [9.17, 15) is 9.18 Å². The molecule has 2 saturated heterocycles. The van der Waals surface area contributed by atoms with Gasteiger partial charge < -0.3 is 24.6 Å². The second-order valence-corrected chi connectivity index (χ2v) is 10.3. The van der Waals surface area contributed by atoms with Crippen molar-refractivity contribution in [1.82, 2.24) is 14.9 Å². The highest BCUT2D eigenvalue weighted by molar-refractivity contribution is 6.06. The number of anilines is 3. The van der Waals surface area contributed by atoms with Crippen LogP contribution in [0.1, 0.15) is 24.2 Å². The van der Waals surface area contributed by atoms with E-state index in [2.05, 4.69) is 46.0 Å². The predicted octanol–water partition coefficient (Wildman–Crippen LogP) is 4.05. The topological polar surface area (TPSA) is 83.1 Å². The quantitative estimate of drug-likeness (QED) is 0.491. The molecule has 11 heteroatoms. The highest BCUT2D eigenvalue weighted by atomic mass is 19.1. The monoisotopic (exact) mass is 552 g/mol. The molecule has 0 radical (unpaired) electrons. The van der Waals surface area contributed by atoms with Crippen molar-refractivity contribution in [3.63, 3.8) is 0 Å². The molecule has 0 bridgehead atoms. The number of ether oxygens (including phenoxy) is 2. The molecule has 5 rings (SSSR count). The summed E-state index contributed by atoms with van der Waals surface area (Å²) in [6.07, 6.45) is 3.18. The van der Waals surface area contributed by atoms with Gasteiger partial charge in [-0.25, -0.2) is 18.7 Å². The largest absolute Gasteiger partial charge is 0.494 e. The first-order valence-electron chi connectivity index (χ1n) is 13.4. The number of hydrogen-bond donors (Lipinski definition) is 1. The summed E-state index contributed by atoms with van der Waals surface area (Å²) in [6, 6.07) is 7.42. The van der Waals surface area contributed by atoms with Crippen molar-refractivity contribution >= 4 is 23.2 Å². The van der Waals surface area contributed by atoms with E-state index in [1.165, 1.54) is 31.4 Å². The van der Waals surface area contributed by atoms with Crippen LogP contribution in [0.3, 0.4) is 0 Å². The lowest BCUT2D eigenvalue weighted by molar-refractivity contribution is 0.102. The average molecular weight is 553 g/mol. The summed E-state index contributed by atoms with van der Waals surface area (Å²) in [4.78, 5) is 28.6. The summed E-state index contributed by atoms with van der Waals surface area (Å²) >= 11 is 0. The molecule has 1 aromatic heterocycles. The fraction of sp³-hybridized carbons (Fsp3) is 0.414. The van der Waals surface area contributed by atoms with Crippen molar-refractivity contribution in [2.75, 3.05) is 68.7 Å². The van der Waals surface area contributed by atoms with E-state index < -0.39 is 17.5 Å². The lowest BCUT2D eigenvalue weighted by Gasteiger charge is -2.44. The van der Waals surface area contributed by atoms with Gasteiger partial charge in [-0.2, -0.15) is 0 Å². The van der Waals surface area contributed by atoms with E-state index >= 15 is 4.39 Å². The van der Waals surface area contributed by atoms with Gasteiger partial charge in [-0.3, -0.25) is 9.69 Å². The molecule has 0 spiro atoms. The van der Waals surface area contributed by atoms with Crippen LogP contribution >= 0.6 is 0 Å². The normalized spacial score (nSPS) is 19.9. The minimum Gasteiger partial charge on any atom is -0.494 e. The summed E-state index contributed by atoms with van der Waals surface area (Å²) < 4.78 is 40.1. The summed E-state index contributed by atoms with van der Waals surface area (Å²) in [5.41, 5.74) is 1.97. The SMILES string of the molecule is COc1cc(C(=O)Nc2cc(-c3cnc(N4CCOCC4)nc3)c(F)cc2N2C[C@@H](C)N(C)[C@@H](C)C2)ccc1F. The van der Waals surface area contributed by atoms with Crippen LogP contribution in [0.25, 0.3) is 11.1 Å². The van der Waals surface area contributed by atoms with Crippen LogP contribution in [-0.4, -0.2) is 86.4 Å². The second-order valence-electron chi connectivity index (χ2n) is 10.3. The molecule has 2 fully saturated rings. The zero-order chi connectivity index (χ0) is 28.4.